The Balaban J connectivity index is 2.47. The van der Waals surface area contributed by atoms with E-state index in [2.05, 4.69) is 12.0 Å². The number of carbonyl (C=O) groups excluding carboxylic acids is 1. The molecule has 1 rings (SSSR count). The Morgan fingerprint density at radius 1 is 1.53 bits per heavy atom. The summed E-state index contributed by atoms with van der Waals surface area (Å²) in [7, 11) is 1.92. The molecule has 0 aliphatic rings. The van der Waals surface area contributed by atoms with Crippen molar-refractivity contribution in [3.63, 3.8) is 0 Å². The van der Waals surface area contributed by atoms with Gasteiger partial charge in [0.2, 0.25) is 0 Å². The van der Waals surface area contributed by atoms with Gasteiger partial charge in [-0.2, -0.15) is 5.10 Å². The molecule has 1 aromatic rings. The predicted molar refractivity (Wildman–Crippen MR) is 57.5 cm³/mol. The first-order valence-corrected chi connectivity index (χ1v) is 5.34. The van der Waals surface area contributed by atoms with Crippen molar-refractivity contribution < 1.29 is 9.53 Å². The van der Waals surface area contributed by atoms with E-state index in [9.17, 15) is 4.79 Å². The van der Waals surface area contributed by atoms with E-state index in [0.717, 1.165) is 12.1 Å². The standard InChI is InChI=1S/C11H18N2O2/c1-4-10-8-9(12-13(10)3)6-7-11(14)15-5-2/h8H,4-7H2,1-3H3. The zero-order valence-corrected chi connectivity index (χ0v) is 9.62. The molecule has 0 spiro atoms. The summed E-state index contributed by atoms with van der Waals surface area (Å²) in [5.74, 6) is -0.152. The topological polar surface area (TPSA) is 44.1 Å². The highest BCUT2D eigenvalue weighted by molar-refractivity contribution is 5.69. The summed E-state index contributed by atoms with van der Waals surface area (Å²) in [6.45, 7) is 4.35. The van der Waals surface area contributed by atoms with Crippen LogP contribution >= 0.6 is 0 Å². The molecule has 0 unspecified atom stereocenters. The maximum atomic E-state index is 11.1. The number of ether oxygens (including phenoxy) is 1. The van der Waals surface area contributed by atoms with Crippen LogP contribution in [0.3, 0.4) is 0 Å². The van der Waals surface area contributed by atoms with Gasteiger partial charge in [-0.15, -0.1) is 0 Å². The van der Waals surface area contributed by atoms with E-state index < -0.39 is 0 Å². The van der Waals surface area contributed by atoms with E-state index in [4.69, 9.17) is 4.74 Å². The Hall–Kier alpha value is -1.32. The average Bonchev–Trinajstić information content (AvgIpc) is 2.56. The third kappa shape index (κ3) is 3.38. The lowest BCUT2D eigenvalue weighted by molar-refractivity contribution is -0.143. The number of hydrogen-bond donors (Lipinski definition) is 0. The highest BCUT2D eigenvalue weighted by atomic mass is 16.5. The largest absolute Gasteiger partial charge is 0.466 e. The van der Waals surface area contributed by atoms with Crippen LogP contribution in [-0.2, 0) is 29.4 Å². The maximum absolute atomic E-state index is 11.1. The van der Waals surface area contributed by atoms with Gasteiger partial charge in [0.25, 0.3) is 0 Å². The molecule has 0 radical (unpaired) electrons. The molecular formula is C11H18N2O2. The van der Waals surface area contributed by atoms with Crippen LogP contribution in [0.1, 0.15) is 31.7 Å². The SMILES string of the molecule is CCOC(=O)CCc1cc(CC)n(C)n1. The molecule has 84 valence electrons. The van der Waals surface area contributed by atoms with Crippen LogP contribution in [-0.4, -0.2) is 22.4 Å². The first kappa shape index (κ1) is 11.8. The Morgan fingerprint density at radius 3 is 2.80 bits per heavy atom. The summed E-state index contributed by atoms with van der Waals surface area (Å²) in [6.07, 6.45) is 2.03. The Morgan fingerprint density at radius 2 is 2.27 bits per heavy atom. The van der Waals surface area contributed by atoms with Crippen LogP contribution in [0.15, 0.2) is 6.07 Å². The molecular weight excluding hydrogens is 192 g/mol. The molecule has 0 aliphatic carbocycles. The zero-order valence-electron chi connectivity index (χ0n) is 9.62. The highest BCUT2D eigenvalue weighted by Gasteiger charge is 2.06. The quantitative estimate of drug-likeness (QED) is 0.691. The van der Waals surface area contributed by atoms with Crippen LogP contribution in [0, 0.1) is 0 Å². The van der Waals surface area contributed by atoms with Gasteiger partial charge < -0.3 is 4.74 Å². The van der Waals surface area contributed by atoms with Crippen LogP contribution in [0.2, 0.25) is 0 Å². The normalized spacial score (nSPS) is 10.3. The molecule has 0 atom stereocenters. The van der Waals surface area contributed by atoms with Crippen LogP contribution in [0.25, 0.3) is 0 Å². The highest BCUT2D eigenvalue weighted by Crippen LogP contribution is 2.06. The fraction of sp³-hybridized carbons (Fsp3) is 0.636. The van der Waals surface area contributed by atoms with Crippen molar-refractivity contribution in [2.45, 2.75) is 33.1 Å². The van der Waals surface area contributed by atoms with E-state index in [0.29, 0.717) is 19.4 Å². The van der Waals surface area contributed by atoms with E-state index in [1.54, 1.807) is 0 Å². The lowest BCUT2D eigenvalue weighted by Gasteiger charge is -1.98. The minimum atomic E-state index is -0.152. The number of carbonyl (C=O) groups is 1. The number of aryl methyl sites for hydroxylation is 3. The third-order valence-corrected chi connectivity index (χ3v) is 2.28. The molecule has 4 heteroatoms. The number of aromatic nitrogens is 2. The van der Waals surface area contributed by atoms with Gasteiger partial charge in [0, 0.05) is 19.2 Å². The first-order chi connectivity index (χ1) is 7.17. The summed E-state index contributed by atoms with van der Waals surface area (Å²) in [6, 6.07) is 2.04. The van der Waals surface area contributed by atoms with E-state index in [-0.39, 0.29) is 5.97 Å². The molecule has 4 nitrogen and oxygen atoms in total. The lowest BCUT2D eigenvalue weighted by atomic mass is 10.2. The Bertz CT molecular complexity index is 331. The molecule has 0 amide bonds. The molecule has 0 bridgehead atoms. The van der Waals surface area contributed by atoms with Crippen molar-refractivity contribution in [1.82, 2.24) is 9.78 Å². The van der Waals surface area contributed by atoms with E-state index in [1.165, 1.54) is 5.69 Å². The third-order valence-electron chi connectivity index (χ3n) is 2.28. The van der Waals surface area contributed by atoms with Gasteiger partial charge >= 0.3 is 5.97 Å². The summed E-state index contributed by atoms with van der Waals surface area (Å²) in [4.78, 5) is 11.1. The van der Waals surface area contributed by atoms with Crippen molar-refractivity contribution in [2.24, 2.45) is 7.05 Å². The second kappa shape index (κ2) is 5.53. The Kier molecular flexibility index (Phi) is 4.34. The monoisotopic (exact) mass is 210 g/mol. The van der Waals surface area contributed by atoms with Crippen LogP contribution < -0.4 is 0 Å². The van der Waals surface area contributed by atoms with Gasteiger partial charge in [-0.05, 0) is 19.4 Å². The van der Waals surface area contributed by atoms with Crippen molar-refractivity contribution in [1.29, 1.82) is 0 Å². The fourth-order valence-electron chi connectivity index (χ4n) is 1.49. The summed E-state index contributed by atoms with van der Waals surface area (Å²) < 4.78 is 6.72. The molecule has 15 heavy (non-hydrogen) atoms. The molecule has 0 N–H and O–H groups in total. The van der Waals surface area contributed by atoms with Gasteiger partial charge in [-0.1, -0.05) is 6.92 Å². The molecule has 1 heterocycles. The lowest BCUT2D eigenvalue weighted by Crippen LogP contribution is -2.05. The van der Waals surface area contributed by atoms with Crippen molar-refractivity contribution in [2.75, 3.05) is 6.61 Å². The van der Waals surface area contributed by atoms with Crippen LogP contribution in [0.4, 0.5) is 0 Å². The van der Waals surface area contributed by atoms with Gasteiger partial charge in [0.1, 0.15) is 0 Å². The number of nitrogens with zero attached hydrogens (tertiary/aromatic N) is 2. The summed E-state index contributed by atoms with van der Waals surface area (Å²) in [5.41, 5.74) is 2.15. The van der Waals surface area contributed by atoms with Crippen molar-refractivity contribution in [3.05, 3.63) is 17.5 Å². The maximum Gasteiger partial charge on any atom is 0.306 e. The molecule has 0 aliphatic heterocycles. The van der Waals surface area contributed by atoms with Gasteiger partial charge in [-0.3, -0.25) is 9.48 Å². The molecule has 0 saturated carbocycles. The average molecular weight is 210 g/mol. The van der Waals surface area contributed by atoms with Crippen molar-refractivity contribution >= 4 is 5.97 Å². The second-order valence-electron chi connectivity index (χ2n) is 3.41. The molecule has 1 aromatic heterocycles. The fourth-order valence-corrected chi connectivity index (χ4v) is 1.49. The minimum Gasteiger partial charge on any atom is -0.466 e. The number of rotatable bonds is 5. The van der Waals surface area contributed by atoms with Crippen molar-refractivity contribution in [3.8, 4) is 0 Å². The van der Waals surface area contributed by atoms with Crippen LogP contribution in [0.5, 0.6) is 0 Å². The zero-order chi connectivity index (χ0) is 11.3. The number of esters is 1. The van der Waals surface area contributed by atoms with Gasteiger partial charge in [-0.25, -0.2) is 0 Å². The molecule has 0 fully saturated rings. The van der Waals surface area contributed by atoms with Gasteiger partial charge in [0.05, 0.1) is 18.7 Å². The second-order valence-corrected chi connectivity index (χ2v) is 3.41. The minimum absolute atomic E-state index is 0.152. The summed E-state index contributed by atoms with van der Waals surface area (Å²) in [5, 5.41) is 4.32. The first-order valence-electron chi connectivity index (χ1n) is 5.34. The van der Waals surface area contributed by atoms with E-state index >= 15 is 0 Å². The number of hydrogen-bond acceptors (Lipinski definition) is 3. The molecule has 0 saturated heterocycles. The predicted octanol–water partition coefficient (Wildman–Crippen LogP) is 1.48. The van der Waals surface area contributed by atoms with Gasteiger partial charge in [0.15, 0.2) is 0 Å². The summed E-state index contributed by atoms with van der Waals surface area (Å²) >= 11 is 0. The van der Waals surface area contributed by atoms with E-state index in [1.807, 2.05) is 24.7 Å². The smallest absolute Gasteiger partial charge is 0.306 e. The molecule has 0 aromatic carbocycles. The Labute approximate surface area is 90.2 Å².